The van der Waals surface area contributed by atoms with Crippen molar-refractivity contribution in [3.8, 4) is 11.3 Å². The summed E-state index contributed by atoms with van der Waals surface area (Å²) in [6.45, 7) is 8.37. The number of rotatable bonds is 2. The van der Waals surface area contributed by atoms with Crippen molar-refractivity contribution in [3.05, 3.63) is 59.0 Å². The third-order valence-corrected chi connectivity index (χ3v) is 4.05. The van der Waals surface area contributed by atoms with Crippen molar-refractivity contribution in [3.63, 3.8) is 0 Å². The lowest BCUT2D eigenvalue weighted by molar-refractivity contribution is 1.04. The smallest absolute Gasteiger partial charge is 0.125 e. The first-order chi connectivity index (χ1) is 10.1. The maximum atomic E-state index is 4.65. The Hall–Kier alpha value is -2.22. The van der Waals surface area contributed by atoms with Crippen LogP contribution in [0.1, 0.15) is 29.4 Å². The Bertz CT molecular complexity index is 819. The lowest BCUT2D eigenvalue weighted by atomic mass is 9.95. The first kappa shape index (κ1) is 13.7. The highest BCUT2D eigenvalue weighted by atomic mass is 14.9. The largest absolute Gasteiger partial charge is 0.241 e. The molecule has 0 aliphatic carbocycles. The molecule has 0 atom stereocenters. The van der Waals surface area contributed by atoms with E-state index in [-0.39, 0.29) is 0 Å². The van der Waals surface area contributed by atoms with Crippen molar-refractivity contribution in [2.75, 3.05) is 0 Å². The van der Waals surface area contributed by atoms with Crippen molar-refractivity contribution < 1.29 is 0 Å². The Morgan fingerprint density at radius 3 is 2.48 bits per heavy atom. The monoisotopic (exact) mass is 276 g/mol. The molecule has 0 radical (unpaired) electrons. The minimum atomic E-state index is 0.814. The van der Waals surface area contributed by atoms with Crippen LogP contribution >= 0.6 is 0 Å². The van der Waals surface area contributed by atoms with Crippen molar-refractivity contribution in [2.24, 2.45) is 0 Å². The summed E-state index contributed by atoms with van der Waals surface area (Å²) < 4.78 is 0. The first-order valence-electron chi connectivity index (χ1n) is 7.43. The molecule has 1 aromatic heterocycles. The molecule has 0 saturated carbocycles. The summed E-state index contributed by atoms with van der Waals surface area (Å²) >= 11 is 0. The standard InChI is InChI=1S/C19H20N2/c1-5-15-7-9-16-17(8-6-12(2)18(16)10-15)19-13(3)11-20-14(4)21-19/h6-11H,5H2,1-4H3. The Kier molecular flexibility index (Phi) is 3.46. The average molecular weight is 276 g/mol. The van der Waals surface area contributed by atoms with Gasteiger partial charge in [0.25, 0.3) is 0 Å². The number of nitrogens with zero attached hydrogens (tertiary/aromatic N) is 2. The summed E-state index contributed by atoms with van der Waals surface area (Å²) in [5.41, 5.74) is 6.04. The summed E-state index contributed by atoms with van der Waals surface area (Å²) in [6.07, 6.45) is 2.97. The molecule has 0 aliphatic heterocycles. The van der Waals surface area contributed by atoms with Gasteiger partial charge in [0, 0.05) is 11.8 Å². The van der Waals surface area contributed by atoms with Gasteiger partial charge in [-0.2, -0.15) is 0 Å². The van der Waals surface area contributed by atoms with Crippen LogP contribution in [-0.2, 0) is 6.42 Å². The fraction of sp³-hybridized carbons (Fsp3) is 0.263. The lowest BCUT2D eigenvalue weighted by Crippen LogP contribution is -1.96. The zero-order valence-electron chi connectivity index (χ0n) is 13.1. The number of aryl methyl sites for hydroxylation is 4. The second-order valence-corrected chi connectivity index (χ2v) is 5.61. The normalized spacial score (nSPS) is 11.0. The van der Waals surface area contributed by atoms with E-state index in [1.54, 1.807) is 0 Å². The molecule has 0 fully saturated rings. The number of hydrogen-bond acceptors (Lipinski definition) is 2. The van der Waals surface area contributed by atoms with E-state index >= 15 is 0 Å². The molecule has 2 nitrogen and oxygen atoms in total. The minimum Gasteiger partial charge on any atom is -0.241 e. The van der Waals surface area contributed by atoms with E-state index in [1.165, 1.54) is 27.5 Å². The highest BCUT2D eigenvalue weighted by Gasteiger charge is 2.10. The molecule has 3 rings (SSSR count). The zero-order valence-corrected chi connectivity index (χ0v) is 13.1. The molecule has 0 N–H and O–H groups in total. The van der Waals surface area contributed by atoms with Crippen molar-refractivity contribution in [1.82, 2.24) is 9.97 Å². The summed E-state index contributed by atoms with van der Waals surface area (Å²) in [4.78, 5) is 8.93. The lowest BCUT2D eigenvalue weighted by Gasteiger charge is -2.12. The number of benzene rings is 2. The fourth-order valence-electron chi connectivity index (χ4n) is 2.77. The van der Waals surface area contributed by atoms with Gasteiger partial charge in [0.2, 0.25) is 0 Å². The maximum Gasteiger partial charge on any atom is 0.125 e. The van der Waals surface area contributed by atoms with Gasteiger partial charge in [0.15, 0.2) is 0 Å². The molecule has 0 bridgehead atoms. The van der Waals surface area contributed by atoms with Gasteiger partial charge in [-0.1, -0.05) is 37.3 Å². The van der Waals surface area contributed by atoms with E-state index in [0.717, 1.165) is 23.5 Å². The molecule has 0 saturated heterocycles. The van der Waals surface area contributed by atoms with E-state index in [1.807, 2.05) is 13.1 Å². The molecule has 0 amide bonds. The van der Waals surface area contributed by atoms with E-state index in [0.29, 0.717) is 0 Å². The second kappa shape index (κ2) is 5.28. The van der Waals surface area contributed by atoms with Crippen LogP contribution in [0.3, 0.4) is 0 Å². The predicted octanol–water partition coefficient (Wildman–Crippen LogP) is 4.78. The van der Waals surface area contributed by atoms with E-state index in [9.17, 15) is 0 Å². The highest BCUT2D eigenvalue weighted by Crippen LogP contribution is 2.32. The SMILES string of the molecule is CCc1ccc2c(-c3nc(C)ncc3C)ccc(C)c2c1. The third-order valence-electron chi connectivity index (χ3n) is 4.05. The Morgan fingerprint density at radius 2 is 1.71 bits per heavy atom. The van der Waals surface area contributed by atoms with Crippen LogP contribution in [0.5, 0.6) is 0 Å². The molecule has 0 unspecified atom stereocenters. The molecule has 106 valence electrons. The van der Waals surface area contributed by atoms with E-state index in [4.69, 9.17) is 0 Å². The van der Waals surface area contributed by atoms with Gasteiger partial charge in [-0.05, 0) is 54.7 Å². The number of hydrogen-bond donors (Lipinski definition) is 0. The topological polar surface area (TPSA) is 25.8 Å². The Labute approximate surface area is 125 Å². The van der Waals surface area contributed by atoms with Gasteiger partial charge in [0.05, 0.1) is 5.69 Å². The van der Waals surface area contributed by atoms with E-state index in [2.05, 4.69) is 61.1 Å². The summed E-state index contributed by atoms with van der Waals surface area (Å²) in [5.74, 6) is 0.814. The van der Waals surface area contributed by atoms with Crippen LogP contribution in [0, 0.1) is 20.8 Å². The Morgan fingerprint density at radius 1 is 0.905 bits per heavy atom. The quantitative estimate of drug-likeness (QED) is 0.673. The second-order valence-electron chi connectivity index (χ2n) is 5.61. The molecule has 21 heavy (non-hydrogen) atoms. The summed E-state index contributed by atoms with van der Waals surface area (Å²) in [5, 5.41) is 2.59. The van der Waals surface area contributed by atoms with Crippen molar-refractivity contribution >= 4 is 10.8 Å². The molecular formula is C19H20N2. The van der Waals surface area contributed by atoms with Gasteiger partial charge < -0.3 is 0 Å². The molecule has 2 aromatic carbocycles. The van der Waals surface area contributed by atoms with Gasteiger partial charge in [-0.15, -0.1) is 0 Å². The molecule has 0 aliphatic rings. The number of fused-ring (bicyclic) bond motifs is 1. The van der Waals surface area contributed by atoms with Gasteiger partial charge >= 0.3 is 0 Å². The van der Waals surface area contributed by atoms with Crippen molar-refractivity contribution in [2.45, 2.75) is 34.1 Å². The van der Waals surface area contributed by atoms with Crippen molar-refractivity contribution in [1.29, 1.82) is 0 Å². The summed E-state index contributed by atoms with van der Waals surface area (Å²) in [7, 11) is 0. The van der Waals surface area contributed by atoms with Crippen LogP contribution in [0.25, 0.3) is 22.0 Å². The first-order valence-corrected chi connectivity index (χ1v) is 7.43. The van der Waals surface area contributed by atoms with Gasteiger partial charge in [-0.25, -0.2) is 9.97 Å². The predicted molar refractivity (Wildman–Crippen MR) is 88.6 cm³/mol. The molecule has 0 spiro atoms. The van der Waals surface area contributed by atoms with Gasteiger partial charge in [0.1, 0.15) is 5.82 Å². The summed E-state index contributed by atoms with van der Waals surface area (Å²) in [6, 6.07) is 11.1. The molecule has 1 heterocycles. The van der Waals surface area contributed by atoms with Crippen LogP contribution in [0.2, 0.25) is 0 Å². The van der Waals surface area contributed by atoms with Crippen LogP contribution in [0.15, 0.2) is 36.5 Å². The van der Waals surface area contributed by atoms with E-state index < -0.39 is 0 Å². The average Bonchev–Trinajstić information content (AvgIpc) is 2.50. The van der Waals surface area contributed by atoms with Gasteiger partial charge in [-0.3, -0.25) is 0 Å². The van der Waals surface area contributed by atoms with Crippen LogP contribution in [-0.4, -0.2) is 9.97 Å². The fourth-order valence-corrected chi connectivity index (χ4v) is 2.77. The Balaban J connectivity index is 2.33. The molecular weight excluding hydrogens is 256 g/mol. The van der Waals surface area contributed by atoms with Crippen LogP contribution < -0.4 is 0 Å². The maximum absolute atomic E-state index is 4.65. The third kappa shape index (κ3) is 2.42. The number of aromatic nitrogens is 2. The van der Waals surface area contributed by atoms with Crippen LogP contribution in [0.4, 0.5) is 0 Å². The molecule has 3 aromatic rings. The minimum absolute atomic E-state index is 0.814. The molecule has 2 heteroatoms. The zero-order chi connectivity index (χ0) is 15.0. The highest BCUT2D eigenvalue weighted by molar-refractivity contribution is 5.98.